The molecule has 0 bridgehead atoms. The molecule has 0 spiro atoms. The molecule has 0 radical (unpaired) electrons. The van der Waals surface area contributed by atoms with Crippen LogP contribution in [0.25, 0.3) is 0 Å². The summed E-state index contributed by atoms with van der Waals surface area (Å²) >= 11 is 3.52. The van der Waals surface area contributed by atoms with Crippen LogP contribution in [0.2, 0.25) is 0 Å². The molecule has 154 valence electrons. The minimum atomic E-state index is -0.625. The van der Waals surface area contributed by atoms with E-state index < -0.39 is 6.10 Å². The van der Waals surface area contributed by atoms with E-state index in [-0.39, 0.29) is 18.4 Å². The highest BCUT2D eigenvalue weighted by atomic mass is 79.9. The second kappa shape index (κ2) is 9.17. The molecule has 7 nitrogen and oxygen atoms in total. The van der Waals surface area contributed by atoms with Gasteiger partial charge in [0, 0.05) is 11.0 Å². The van der Waals surface area contributed by atoms with E-state index in [1.807, 2.05) is 24.3 Å². The second-order valence-electron chi connectivity index (χ2n) is 6.55. The van der Waals surface area contributed by atoms with E-state index in [0.29, 0.717) is 35.9 Å². The summed E-state index contributed by atoms with van der Waals surface area (Å²) in [7, 11) is 3.16. The Morgan fingerprint density at radius 3 is 2.62 bits per heavy atom. The quantitative estimate of drug-likeness (QED) is 0.684. The van der Waals surface area contributed by atoms with Crippen LogP contribution in [0.3, 0.4) is 0 Å². The van der Waals surface area contributed by atoms with Crippen LogP contribution in [-0.2, 0) is 16.0 Å². The van der Waals surface area contributed by atoms with Crippen molar-refractivity contribution in [3.05, 3.63) is 46.4 Å². The van der Waals surface area contributed by atoms with Crippen LogP contribution in [0.5, 0.6) is 17.2 Å². The molecule has 29 heavy (non-hydrogen) atoms. The summed E-state index contributed by atoms with van der Waals surface area (Å²) in [6.07, 6.45) is -0.0306. The minimum Gasteiger partial charge on any atom is -0.493 e. The van der Waals surface area contributed by atoms with E-state index in [2.05, 4.69) is 21.2 Å². The van der Waals surface area contributed by atoms with Gasteiger partial charge in [0.25, 0.3) is 5.91 Å². The SMILES string of the molecule is COc1cc(Br)c(CCNC(=O)CN2C(=O)C(C)Oc3ccccc32)cc1OC. The number of hydrogen-bond donors (Lipinski definition) is 1. The van der Waals surface area contributed by atoms with Crippen molar-refractivity contribution in [3.8, 4) is 17.2 Å². The average Bonchev–Trinajstić information content (AvgIpc) is 2.72. The molecule has 2 amide bonds. The number of para-hydroxylation sites is 2. The normalized spacial score (nSPS) is 15.4. The number of anilines is 1. The smallest absolute Gasteiger partial charge is 0.268 e. The Morgan fingerprint density at radius 2 is 1.90 bits per heavy atom. The van der Waals surface area contributed by atoms with Gasteiger partial charge in [0.15, 0.2) is 17.6 Å². The summed E-state index contributed by atoms with van der Waals surface area (Å²) in [5.41, 5.74) is 1.58. The van der Waals surface area contributed by atoms with Crippen LogP contribution in [0.1, 0.15) is 12.5 Å². The van der Waals surface area contributed by atoms with E-state index in [0.717, 1.165) is 10.0 Å². The molecule has 1 N–H and O–H groups in total. The number of carbonyl (C=O) groups is 2. The maximum Gasteiger partial charge on any atom is 0.268 e. The van der Waals surface area contributed by atoms with Crippen LogP contribution in [0, 0.1) is 0 Å². The zero-order chi connectivity index (χ0) is 21.0. The second-order valence-corrected chi connectivity index (χ2v) is 7.41. The summed E-state index contributed by atoms with van der Waals surface area (Å²) in [5, 5.41) is 2.87. The Bertz CT molecular complexity index is 918. The Morgan fingerprint density at radius 1 is 1.21 bits per heavy atom. The molecule has 3 rings (SSSR count). The van der Waals surface area contributed by atoms with Gasteiger partial charge in [-0.2, -0.15) is 0 Å². The number of rotatable bonds is 7. The fourth-order valence-electron chi connectivity index (χ4n) is 3.15. The van der Waals surface area contributed by atoms with Gasteiger partial charge in [-0.3, -0.25) is 14.5 Å². The number of halogens is 1. The third kappa shape index (κ3) is 4.64. The number of nitrogens with one attached hydrogen (secondary N) is 1. The van der Waals surface area contributed by atoms with Crippen LogP contribution in [-0.4, -0.2) is 45.2 Å². The van der Waals surface area contributed by atoms with Gasteiger partial charge in [-0.15, -0.1) is 0 Å². The lowest BCUT2D eigenvalue weighted by atomic mass is 10.1. The van der Waals surface area contributed by atoms with Crippen LogP contribution in [0.15, 0.2) is 40.9 Å². The number of ether oxygens (including phenoxy) is 3. The maximum absolute atomic E-state index is 12.5. The van der Waals surface area contributed by atoms with Crippen molar-refractivity contribution in [2.75, 3.05) is 32.2 Å². The van der Waals surface area contributed by atoms with Crippen LogP contribution in [0.4, 0.5) is 5.69 Å². The molecule has 0 aromatic heterocycles. The molecule has 8 heteroatoms. The number of amides is 2. The predicted octanol–water partition coefficient (Wildman–Crippen LogP) is 2.94. The molecule has 1 heterocycles. The number of methoxy groups -OCH3 is 2. The topological polar surface area (TPSA) is 77.1 Å². The van der Waals surface area contributed by atoms with E-state index >= 15 is 0 Å². The van der Waals surface area contributed by atoms with Crippen molar-refractivity contribution in [1.82, 2.24) is 5.32 Å². The van der Waals surface area contributed by atoms with Crippen molar-refractivity contribution in [2.45, 2.75) is 19.4 Å². The van der Waals surface area contributed by atoms with Crippen LogP contribution < -0.4 is 24.4 Å². The number of nitrogens with zero attached hydrogens (tertiary/aromatic N) is 1. The summed E-state index contributed by atoms with van der Waals surface area (Å²) in [6, 6.07) is 10.9. The molecule has 1 aliphatic heterocycles. The summed E-state index contributed by atoms with van der Waals surface area (Å²) in [4.78, 5) is 26.4. The van der Waals surface area contributed by atoms with Crippen molar-refractivity contribution in [3.63, 3.8) is 0 Å². The van der Waals surface area contributed by atoms with E-state index in [1.165, 1.54) is 4.90 Å². The fourth-order valence-corrected chi connectivity index (χ4v) is 3.67. The van der Waals surface area contributed by atoms with Crippen LogP contribution >= 0.6 is 15.9 Å². The third-order valence-electron chi connectivity index (χ3n) is 4.64. The molecule has 1 aliphatic rings. The molecule has 0 aliphatic carbocycles. The van der Waals surface area contributed by atoms with E-state index in [4.69, 9.17) is 14.2 Å². The summed E-state index contributed by atoms with van der Waals surface area (Å²) < 4.78 is 17.1. The van der Waals surface area contributed by atoms with Crippen molar-refractivity contribution in [2.24, 2.45) is 0 Å². The Kier molecular flexibility index (Phi) is 6.64. The van der Waals surface area contributed by atoms with Gasteiger partial charge in [-0.1, -0.05) is 28.1 Å². The molecule has 1 unspecified atom stereocenters. The number of carbonyl (C=O) groups excluding carboxylic acids is 2. The van der Waals surface area contributed by atoms with Gasteiger partial charge in [-0.25, -0.2) is 0 Å². The highest BCUT2D eigenvalue weighted by molar-refractivity contribution is 9.10. The van der Waals surface area contributed by atoms with Gasteiger partial charge in [0.1, 0.15) is 12.3 Å². The summed E-state index contributed by atoms with van der Waals surface area (Å²) in [6.45, 7) is 2.04. The minimum absolute atomic E-state index is 0.0589. The van der Waals surface area contributed by atoms with Gasteiger partial charge in [0.2, 0.25) is 5.91 Å². The summed E-state index contributed by atoms with van der Waals surface area (Å²) in [5.74, 6) is 1.38. The maximum atomic E-state index is 12.5. The predicted molar refractivity (Wildman–Crippen MR) is 113 cm³/mol. The first-order valence-electron chi connectivity index (χ1n) is 9.18. The molecule has 1 atom stereocenters. The van der Waals surface area contributed by atoms with Crippen molar-refractivity contribution < 1.29 is 23.8 Å². The zero-order valence-corrected chi connectivity index (χ0v) is 18.1. The highest BCUT2D eigenvalue weighted by Crippen LogP contribution is 2.34. The Hall–Kier alpha value is -2.74. The molecule has 0 fully saturated rings. The molecule has 2 aromatic rings. The monoisotopic (exact) mass is 462 g/mol. The number of benzene rings is 2. The number of fused-ring (bicyclic) bond motifs is 1. The molecular weight excluding hydrogens is 440 g/mol. The lowest BCUT2D eigenvalue weighted by Crippen LogP contribution is -2.49. The first-order valence-corrected chi connectivity index (χ1v) is 9.98. The van der Waals surface area contributed by atoms with Gasteiger partial charge in [0.05, 0.1) is 19.9 Å². The van der Waals surface area contributed by atoms with Crippen molar-refractivity contribution >= 4 is 33.4 Å². The largest absolute Gasteiger partial charge is 0.493 e. The highest BCUT2D eigenvalue weighted by Gasteiger charge is 2.32. The van der Waals surface area contributed by atoms with Crippen molar-refractivity contribution in [1.29, 1.82) is 0 Å². The lowest BCUT2D eigenvalue weighted by Gasteiger charge is -2.32. The first kappa shape index (κ1) is 21.0. The average molecular weight is 463 g/mol. The first-order chi connectivity index (χ1) is 13.9. The third-order valence-corrected chi connectivity index (χ3v) is 5.38. The molecule has 0 saturated heterocycles. The zero-order valence-electron chi connectivity index (χ0n) is 16.5. The van der Waals surface area contributed by atoms with Gasteiger partial charge in [-0.05, 0) is 43.2 Å². The molecular formula is C21H23BrN2O5. The van der Waals surface area contributed by atoms with Gasteiger partial charge >= 0.3 is 0 Å². The number of hydrogen-bond acceptors (Lipinski definition) is 5. The molecule has 2 aromatic carbocycles. The Labute approximate surface area is 178 Å². The van der Waals surface area contributed by atoms with E-state index in [1.54, 1.807) is 33.3 Å². The van der Waals surface area contributed by atoms with Gasteiger partial charge < -0.3 is 19.5 Å². The fraction of sp³-hybridized carbons (Fsp3) is 0.333. The van der Waals surface area contributed by atoms with E-state index in [9.17, 15) is 9.59 Å². The Balaban J connectivity index is 1.62. The standard InChI is InChI=1S/C21H23BrN2O5/c1-13-21(26)24(16-6-4-5-7-17(16)29-13)12-20(25)23-9-8-14-10-18(27-2)19(28-3)11-15(14)22/h4-7,10-11,13H,8-9,12H2,1-3H3,(H,23,25). The lowest BCUT2D eigenvalue weighted by molar-refractivity contribution is -0.128. The molecule has 0 saturated carbocycles.